The smallest absolute Gasteiger partial charge is 0.127 e. The van der Waals surface area contributed by atoms with E-state index in [-0.39, 0.29) is 0 Å². The van der Waals surface area contributed by atoms with E-state index in [1.165, 1.54) is 24.8 Å². The first-order valence-corrected chi connectivity index (χ1v) is 7.46. The zero-order chi connectivity index (χ0) is 14.1. The van der Waals surface area contributed by atoms with Gasteiger partial charge in [0.25, 0.3) is 0 Å². The molecular weight excluding hydrogens is 252 g/mol. The minimum Gasteiger partial charge on any atom is -0.497 e. The summed E-state index contributed by atoms with van der Waals surface area (Å²) in [5.41, 5.74) is 7.26. The minimum atomic E-state index is 0.397. The zero-order valence-electron chi connectivity index (χ0n) is 12.3. The van der Waals surface area contributed by atoms with Gasteiger partial charge >= 0.3 is 0 Å². The Hall–Kier alpha value is -1.26. The van der Waals surface area contributed by atoms with E-state index in [9.17, 15) is 0 Å². The molecular formula is C16H24N2O2. The molecule has 0 amide bonds. The number of ether oxygens (including phenoxy) is 2. The van der Waals surface area contributed by atoms with Crippen LogP contribution in [0.3, 0.4) is 0 Å². The lowest BCUT2D eigenvalue weighted by Gasteiger charge is -2.29. The lowest BCUT2D eigenvalue weighted by Crippen LogP contribution is -2.30. The Labute approximate surface area is 120 Å². The van der Waals surface area contributed by atoms with Gasteiger partial charge in [-0.1, -0.05) is 6.07 Å². The van der Waals surface area contributed by atoms with E-state index in [1.807, 2.05) is 12.1 Å². The van der Waals surface area contributed by atoms with Crippen molar-refractivity contribution in [3.8, 4) is 11.5 Å². The fourth-order valence-electron chi connectivity index (χ4n) is 3.44. The van der Waals surface area contributed by atoms with Gasteiger partial charge in [0.15, 0.2) is 0 Å². The van der Waals surface area contributed by atoms with Gasteiger partial charge in [-0.3, -0.25) is 4.90 Å². The molecule has 1 aromatic carbocycles. The van der Waals surface area contributed by atoms with Crippen molar-refractivity contribution in [2.45, 2.75) is 31.3 Å². The average molecular weight is 276 g/mol. The number of hydrogen-bond donors (Lipinski definition) is 1. The second-order valence-electron chi connectivity index (χ2n) is 5.81. The van der Waals surface area contributed by atoms with Crippen molar-refractivity contribution < 1.29 is 9.47 Å². The van der Waals surface area contributed by atoms with Crippen LogP contribution in [0.5, 0.6) is 11.5 Å². The normalized spacial score (nSPS) is 26.8. The van der Waals surface area contributed by atoms with E-state index in [2.05, 4.69) is 11.0 Å². The van der Waals surface area contributed by atoms with E-state index in [0.717, 1.165) is 30.6 Å². The van der Waals surface area contributed by atoms with Gasteiger partial charge in [-0.15, -0.1) is 0 Å². The van der Waals surface area contributed by atoms with Gasteiger partial charge in [0, 0.05) is 23.7 Å². The average Bonchev–Trinajstić information content (AvgIpc) is 3.25. The number of nitrogens with zero attached hydrogens (tertiary/aromatic N) is 1. The maximum absolute atomic E-state index is 6.00. The summed E-state index contributed by atoms with van der Waals surface area (Å²) >= 11 is 0. The third-order valence-corrected chi connectivity index (χ3v) is 4.64. The van der Waals surface area contributed by atoms with Crippen LogP contribution in [-0.4, -0.2) is 38.3 Å². The molecule has 2 unspecified atom stereocenters. The molecule has 2 aliphatic rings. The van der Waals surface area contributed by atoms with Crippen LogP contribution in [0, 0.1) is 5.92 Å². The fraction of sp³-hybridized carbons (Fsp3) is 0.625. The highest BCUT2D eigenvalue weighted by molar-refractivity contribution is 5.43. The second-order valence-corrected chi connectivity index (χ2v) is 5.81. The Balaban J connectivity index is 1.95. The first-order chi connectivity index (χ1) is 9.78. The van der Waals surface area contributed by atoms with Crippen molar-refractivity contribution in [1.82, 2.24) is 4.90 Å². The molecule has 0 bridgehead atoms. The van der Waals surface area contributed by atoms with Crippen molar-refractivity contribution in [2.75, 3.05) is 27.3 Å². The summed E-state index contributed by atoms with van der Waals surface area (Å²) in [6.07, 6.45) is 3.84. The number of hydrogen-bond acceptors (Lipinski definition) is 4. The predicted octanol–water partition coefficient (Wildman–Crippen LogP) is 2.19. The first kappa shape index (κ1) is 13.7. The van der Waals surface area contributed by atoms with Gasteiger partial charge in [-0.25, -0.2) is 0 Å². The number of methoxy groups -OCH3 is 2. The van der Waals surface area contributed by atoms with Crippen molar-refractivity contribution in [1.29, 1.82) is 0 Å². The minimum absolute atomic E-state index is 0.397. The van der Waals surface area contributed by atoms with Crippen LogP contribution in [0.15, 0.2) is 18.2 Å². The Bertz CT molecular complexity index is 474. The fourth-order valence-corrected chi connectivity index (χ4v) is 3.44. The highest BCUT2D eigenvalue weighted by Gasteiger charge is 2.43. The van der Waals surface area contributed by atoms with Gasteiger partial charge in [0.05, 0.1) is 14.2 Å². The van der Waals surface area contributed by atoms with Crippen LogP contribution in [0.2, 0.25) is 0 Å². The summed E-state index contributed by atoms with van der Waals surface area (Å²) in [5, 5.41) is 0. The Morgan fingerprint density at radius 2 is 2.00 bits per heavy atom. The summed E-state index contributed by atoms with van der Waals surface area (Å²) in [7, 11) is 3.41. The van der Waals surface area contributed by atoms with Crippen molar-refractivity contribution in [2.24, 2.45) is 11.7 Å². The Morgan fingerprint density at radius 3 is 2.60 bits per heavy atom. The quantitative estimate of drug-likeness (QED) is 0.895. The largest absolute Gasteiger partial charge is 0.497 e. The molecule has 2 fully saturated rings. The first-order valence-electron chi connectivity index (χ1n) is 7.46. The van der Waals surface area contributed by atoms with E-state index in [0.29, 0.717) is 12.0 Å². The molecule has 2 N–H and O–H groups in total. The summed E-state index contributed by atoms with van der Waals surface area (Å²) in [6.45, 7) is 1.90. The third kappa shape index (κ3) is 2.38. The summed E-state index contributed by atoms with van der Waals surface area (Å²) in [5.74, 6) is 2.28. The number of benzene rings is 1. The lowest BCUT2D eigenvalue weighted by molar-refractivity contribution is 0.215. The van der Waals surface area contributed by atoms with Crippen molar-refractivity contribution in [3.05, 3.63) is 23.8 Å². The molecule has 0 spiro atoms. The van der Waals surface area contributed by atoms with Crippen LogP contribution in [0.4, 0.5) is 0 Å². The maximum atomic E-state index is 6.00. The van der Waals surface area contributed by atoms with Crippen molar-refractivity contribution >= 4 is 0 Å². The predicted molar refractivity (Wildman–Crippen MR) is 79.2 cm³/mol. The SMILES string of the molecule is COc1ccc(C2C(CN)CCN2C2CC2)c(OC)c1. The summed E-state index contributed by atoms with van der Waals surface area (Å²) in [4.78, 5) is 2.63. The van der Waals surface area contributed by atoms with Gasteiger partial charge in [-0.05, 0) is 44.3 Å². The number of likely N-dealkylation sites (tertiary alicyclic amines) is 1. The lowest BCUT2D eigenvalue weighted by atomic mass is 9.93. The molecule has 1 heterocycles. The van der Waals surface area contributed by atoms with E-state index in [1.54, 1.807) is 14.2 Å². The van der Waals surface area contributed by atoms with Crippen LogP contribution in [0.1, 0.15) is 30.9 Å². The van der Waals surface area contributed by atoms with Crippen LogP contribution >= 0.6 is 0 Å². The van der Waals surface area contributed by atoms with E-state index < -0.39 is 0 Å². The molecule has 4 heteroatoms. The molecule has 1 aromatic rings. The molecule has 0 radical (unpaired) electrons. The monoisotopic (exact) mass is 276 g/mol. The molecule has 4 nitrogen and oxygen atoms in total. The molecule has 110 valence electrons. The Kier molecular flexibility index (Phi) is 3.85. The standard InChI is InChI=1S/C16H24N2O2/c1-19-13-5-6-14(15(9-13)20-2)16-11(10-17)7-8-18(16)12-3-4-12/h5-6,9,11-12,16H,3-4,7-8,10,17H2,1-2H3. The molecule has 1 saturated carbocycles. The third-order valence-electron chi connectivity index (χ3n) is 4.64. The zero-order valence-corrected chi connectivity index (χ0v) is 12.3. The van der Waals surface area contributed by atoms with Gasteiger partial charge in [0.1, 0.15) is 11.5 Å². The Morgan fingerprint density at radius 1 is 1.20 bits per heavy atom. The molecule has 1 saturated heterocycles. The highest BCUT2D eigenvalue weighted by Crippen LogP contribution is 2.46. The van der Waals surface area contributed by atoms with E-state index in [4.69, 9.17) is 15.2 Å². The van der Waals surface area contributed by atoms with Crippen LogP contribution in [-0.2, 0) is 0 Å². The van der Waals surface area contributed by atoms with Crippen molar-refractivity contribution in [3.63, 3.8) is 0 Å². The molecule has 0 aromatic heterocycles. The molecule has 1 aliphatic carbocycles. The van der Waals surface area contributed by atoms with Gasteiger partial charge in [0.2, 0.25) is 0 Å². The molecule has 20 heavy (non-hydrogen) atoms. The second kappa shape index (κ2) is 5.62. The molecule has 1 aliphatic heterocycles. The number of rotatable bonds is 5. The maximum Gasteiger partial charge on any atom is 0.127 e. The highest BCUT2D eigenvalue weighted by atomic mass is 16.5. The van der Waals surface area contributed by atoms with Crippen LogP contribution in [0.25, 0.3) is 0 Å². The molecule has 2 atom stereocenters. The summed E-state index contributed by atoms with van der Waals surface area (Å²) < 4.78 is 10.9. The van der Waals surface area contributed by atoms with Gasteiger partial charge < -0.3 is 15.2 Å². The topological polar surface area (TPSA) is 47.7 Å². The molecule has 3 rings (SSSR count). The van der Waals surface area contributed by atoms with Gasteiger partial charge in [-0.2, -0.15) is 0 Å². The summed E-state index contributed by atoms with van der Waals surface area (Å²) in [6, 6.07) is 7.30. The van der Waals surface area contributed by atoms with Crippen LogP contribution < -0.4 is 15.2 Å². The van der Waals surface area contributed by atoms with E-state index >= 15 is 0 Å². The number of nitrogens with two attached hydrogens (primary N) is 1.